The number of hydrogen-bond donors (Lipinski definition) is 2. The molecule has 3 N–H and O–H groups in total. The molecule has 1 amide bonds. The van der Waals surface area contributed by atoms with E-state index in [0.29, 0.717) is 24.2 Å². The summed E-state index contributed by atoms with van der Waals surface area (Å²) < 4.78 is 1.45. The van der Waals surface area contributed by atoms with E-state index >= 15 is 0 Å². The van der Waals surface area contributed by atoms with E-state index in [2.05, 4.69) is 10.5 Å². The zero-order chi connectivity index (χ0) is 15.4. The first-order valence-corrected chi connectivity index (χ1v) is 6.63. The lowest BCUT2D eigenvalue weighted by Crippen LogP contribution is -2.40. The van der Waals surface area contributed by atoms with Crippen LogP contribution < -0.4 is 11.3 Å². The van der Waals surface area contributed by atoms with Crippen molar-refractivity contribution in [2.24, 2.45) is 11.8 Å². The van der Waals surface area contributed by atoms with Gasteiger partial charge in [-0.05, 0) is 18.8 Å². The van der Waals surface area contributed by atoms with E-state index in [9.17, 15) is 14.9 Å². The SMILES string of the molecule is CCc1nn(C(C(=O)NN)C(C)C)c(CC)c1[N+](=O)[O-]. The van der Waals surface area contributed by atoms with Gasteiger partial charge in [0.1, 0.15) is 17.4 Å². The van der Waals surface area contributed by atoms with Gasteiger partial charge in [0, 0.05) is 0 Å². The van der Waals surface area contributed by atoms with Crippen LogP contribution in [0.25, 0.3) is 0 Å². The molecule has 0 aliphatic carbocycles. The van der Waals surface area contributed by atoms with Crippen LogP contribution in [0.5, 0.6) is 0 Å². The minimum Gasteiger partial charge on any atom is -0.292 e. The monoisotopic (exact) mass is 283 g/mol. The fourth-order valence-electron chi connectivity index (χ4n) is 2.30. The number of nitrogens with zero attached hydrogens (tertiary/aromatic N) is 3. The Labute approximate surface area is 117 Å². The molecule has 0 radical (unpaired) electrons. The van der Waals surface area contributed by atoms with Gasteiger partial charge in [-0.2, -0.15) is 5.10 Å². The summed E-state index contributed by atoms with van der Waals surface area (Å²) in [5.74, 6) is 4.70. The number of nitro groups is 1. The van der Waals surface area contributed by atoms with Crippen molar-refractivity contribution in [1.82, 2.24) is 15.2 Å². The Morgan fingerprint density at radius 3 is 2.40 bits per heavy atom. The zero-order valence-electron chi connectivity index (χ0n) is 12.2. The van der Waals surface area contributed by atoms with Crippen LogP contribution in [-0.2, 0) is 17.6 Å². The van der Waals surface area contributed by atoms with Gasteiger partial charge >= 0.3 is 5.69 Å². The van der Waals surface area contributed by atoms with Gasteiger partial charge in [-0.25, -0.2) is 10.5 Å². The first-order chi connectivity index (χ1) is 9.38. The summed E-state index contributed by atoms with van der Waals surface area (Å²) in [6.07, 6.45) is 0.857. The molecule has 1 heterocycles. The highest BCUT2D eigenvalue weighted by Gasteiger charge is 2.33. The molecule has 8 nitrogen and oxygen atoms in total. The minimum absolute atomic E-state index is 0.00507. The van der Waals surface area contributed by atoms with Crippen LogP contribution >= 0.6 is 0 Å². The van der Waals surface area contributed by atoms with E-state index in [1.165, 1.54) is 4.68 Å². The van der Waals surface area contributed by atoms with E-state index in [-0.39, 0.29) is 11.6 Å². The summed E-state index contributed by atoms with van der Waals surface area (Å²) in [5.41, 5.74) is 2.95. The highest BCUT2D eigenvalue weighted by atomic mass is 16.6. The molecule has 0 aliphatic rings. The summed E-state index contributed by atoms with van der Waals surface area (Å²) in [5, 5.41) is 15.5. The van der Waals surface area contributed by atoms with Gasteiger partial charge in [0.15, 0.2) is 0 Å². The van der Waals surface area contributed by atoms with E-state index in [1.54, 1.807) is 13.8 Å². The third-order valence-corrected chi connectivity index (χ3v) is 3.21. The molecular weight excluding hydrogens is 262 g/mol. The Morgan fingerprint density at radius 2 is 2.05 bits per heavy atom. The molecule has 0 saturated carbocycles. The second-order valence-electron chi connectivity index (χ2n) is 4.85. The molecule has 0 spiro atoms. The Bertz CT molecular complexity index is 509. The molecule has 0 fully saturated rings. The van der Waals surface area contributed by atoms with Gasteiger partial charge in [0.2, 0.25) is 0 Å². The van der Waals surface area contributed by atoms with Crippen molar-refractivity contribution >= 4 is 11.6 Å². The van der Waals surface area contributed by atoms with Crippen LogP contribution in [0.3, 0.4) is 0 Å². The number of amides is 1. The summed E-state index contributed by atoms with van der Waals surface area (Å²) in [6.45, 7) is 7.29. The summed E-state index contributed by atoms with van der Waals surface area (Å²) in [7, 11) is 0. The maximum absolute atomic E-state index is 11.9. The van der Waals surface area contributed by atoms with E-state index in [0.717, 1.165) is 0 Å². The van der Waals surface area contributed by atoms with E-state index in [4.69, 9.17) is 5.84 Å². The minimum atomic E-state index is -0.658. The summed E-state index contributed by atoms with van der Waals surface area (Å²) in [4.78, 5) is 22.7. The highest BCUT2D eigenvalue weighted by molar-refractivity contribution is 5.80. The Morgan fingerprint density at radius 1 is 1.45 bits per heavy atom. The number of nitrogens with two attached hydrogens (primary N) is 1. The predicted octanol–water partition coefficient (Wildman–Crippen LogP) is 1.10. The van der Waals surface area contributed by atoms with Crippen molar-refractivity contribution in [2.75, 3.05) is 0 Å². The molecule has 1 rings (SSSR count). The molecule has 0 aliphatic heterocycles. The van der Waals surface area contributed by atoms with E-state index in [1.807, 2.05) is 13.8 Å². The number of carbonyl (C=O) groups is 1. The molecule has 1 unspecified atom stereocenters. The van der Waals surface area contributed by atoms with Crippen molar-refractivity contribution in [1.29, 1.82) is 0 Å². The smallest absolute Gasteiger partial charge is 0.292 e. The van der Waals surface area contributed by atoms with Gasteiger partial charge in [0.25, 0.3) is 5.91 Å². The second kappa shape index (κ2) is 6.47. The molecule has 0 saturated heterocycles. The number of aromatic nitrogens is 2. The maximum atomic E-state index is 11.9. The van der Waals surface area contributed by atoms with Crippen LogP contribution in [0.4, 0.5) is 5.69 Å². The van der Waals surface area contributed by atoms with Crippen molar-refractivity contribution in [3.8, 4) is 0 Å². The third-order valence-electron chi connectivity index (χ3n) is 3.21. The van der Waals surface area contributed by atoms with Crippen molar-refractivity contribution in [2.45, 2.75) is 46.6 Å². The zero-order valence-corrected chi connectivity index (χ0v) is 12.2. The Balaban J connectivity index is 3.50. The fourth-order valence-corrected chi connectivity index (χ4v) is 2.30. The predicted molar refractivity (Wildman–Crippen MR) is 73.8 cm³/mol. The fraction of sp³-hybridized carbons (Fsp3) is 0.667. The number of aryl methyl sites for hydroxylation is 1. The number of hydrogen-bond acceptors (Lipinski definition) is 5. The second-order valence-corrected chi connectivity index (χ2v) is 4.85. The van der Waals surface area contributed by atoms with Crippen molar-refractivity contribution in [3.05, 3.63) is 21.5 Å². The van der Waals surface area contributed by atoms with Crippen molar-refractivity contribution < 1.29 is 9.72 Å². The van der Waals surface area contributed by atoms with Gasteiger partial charge in [0.05, 0.1) is 4.92 Å². The number of nitrogens with one attached hydrogen (secondary N) is 1. The Kier molecular flexibility index (Phi) is 5.20. The molecule has 1 atom stereocenters. The van der Waals surface area contributed by atoms with Crippen LogP contribution in [0.2, 0.25) is 0 Å². The maximum Gasteiger partial charge on any atom is 0.313 e. The topological polar surface area (TPSA) is 116 Å². The normalized spacial score (nSPS) is 12.5. The Hall–Kier alpha value is -1.96. The van der Waals surface area contributed by atoms with E-state index < -0.39 is 16.9 Å². The van der Waals surface area contributed by atoms with Gasteiger partial charge in [-0.1, -0.05) is 27.7 Å². The van der Waals surface area contributed by atoms with Crippen LogP contribution in [0, 0.1) is 16.0 Å². The molecule has 0 bridgehead atoms. The standard InChI is InChI=1S/C12H21N5O3/c1-5-8-11(17(19)20)9(6-2)16(15-8)10(7(3)4)12(18)14-13/h7,10H,5-6,13H2,1-4H3,(H,14,18). The van der Waals surface area contributed by atoms with Crippen LogP contribution in [-0.4, -0.2) is 20.6 Å². The lowest BCUT2D eigenvalue weighted by Gasteiger charge is -2.21. The molecule has 112 valence electrons. The quantitative estimate of drug-likeness (QED) is 0.351. The van der Waals surface area contributed by atoms with Gasteiger partial charge in [-0.3, -0.25) is 20.3 Å². The van der Waals surface area contributed by atoms with Crippen LogP contribution in [0.15, 0.2) is 0 Å². The number of hydrazine groups is 1. The number of carbonyl (C=O) groups excluding carboxylic acids is 1. The number of rotatable bonds is 6. The molecule has 8 heteroatoms. The third kappa shape index (κ3) is 2.79. The van der Waals surface area contributed by atoms with Gasteiger partial charge < -0.3 is 0 Å². The van der Waals surface area contributed by atoms with Gasteiger partial charge in [-0.15, -0.1) is 0 Å². The lowest BCUT2D eigenvalue weighted by molar-refractivity contribution is -0.386. The summed E-state index contributed by atoms with van der Waals surface area (Å²) in [6, 6.07) is -0.658. The molecule has 20 heavy (non-hydrogen) atoms. The first kappa shape index (κ1) is 16.1. The molecule has 1 aromatic heterocycles. The van der Waals surface area contributed by atoms with Crippen molar-refractivity contribution in [3.63, 3.8) is 0 Å². The first-order valence-electron chi connectivity index (χ1n) is 6.63. The molecule has 0 aromatic carbocycles. The summed E-state index contributed by atoms with van der Waals surface area (Å²) >= 11 is 0. The average Bonchev–Trinajstić information content (AvgIpc) is 2.76. The average molecular weight is 283 g/mol. The molecular formula is C12H21N5O3. The largest absolute Gasteiger partial charge is 0.313 e. The highest BCUT2D eigenvalue weighted by Crippen LogP contribution is 2.29. The lowest BCUT2D eigenvalue weighted by atomic mass is 10.0. The van der Waals surface area contributed by atoms with Crippen LogP contribution in [0.1, 0.15) is 45.1 Å². The molecule has 1 aromatic rings.